The first-order valence-corrected chi connectivity index (χ1v) is 8.27. The van der Waals surface area contributed by atoms with Gasteiger partial charge in [0.2, 0.25) is 0 Å². The van der Waals surface area contributed by atoms with Crippen LogP contribution in [0.3, 0.4) is 0 Å². The smallest absolute Gasteiger partial charge is 0.127 e. The molecule has 21 heavy (non-hydrogen) atoms. The predicted molar refractivity (Wildman–Crippen MR) is 86.7 cm³/mol. The van der Waals surface area contributed by atoms with Crippen LogP contribution in [0, 0.1) is 19.8 Å². The second-order valence-corrected chi connectivity index (χ2v) is 6.89. The third kappa shape index (κ3) is 2.36. The molecule has 1 fully saturated rings. The SMILES string of the molecule is Cc1ccc2c(c1C)OCCC2(CN)N1CCC(C)CC1. The minimum absolute atomic E-state index is 0.0216. The molecular weight excluding hydrogens is 260 g/mol. The van der Waals surface area contributed by atoms with Gasteiger partial charge in [0.05, 0.1) is 12.1 Å². The molecule has 1 atom stereocenters. The van der Waals surface area contributed by atoms with E-state index in [0.717, 1.165) is 37.8 Å². The van der Waals surface area contributed by atoms with Crippen molar-refractivity contribution in [2.45, 2.75) is 45.6 Å². The predicted octanol–water partition coefficient (Wildman–Crippen LogP) is 2.97. The van der Waals surface area contributed by atoms with E-state index in [1.165, 1.54) is 29.5 Å². The Labute approximate surface area is 128 Å². The molecule has 0 spiro atoms. The van der Waals surface area contributed by atoms with Gasteiger partial charge < -0.3 is 10.5 Å². The van der Waals surface area contributed by atoms with Crippen molar-refractivity contribution >= 4 is 0 Å². The van der Waals surface area contributed by atoms with E-state index in [1.54, 1.807) is 0 Å². The number of hydrogen-bond donors (Lipinski definition) is 1. The standard InChI is InChI=1S/C18H28N2O/c1-13-6-9-20(10-7-13)18(12-19)8-11-21-17-15(3)14(2)4-5-16(17)18/h4-5,13H,6-12,19H2,1-3H3. The highest BCUT2D eigenvalue weighted by atomic mass is 16.5. The van der Waals surface area contributed by atoms with E-state index in [4.69, 9.17) is 10.5 Å². The number of aryl methyl sites for hydroxylation is 1. The Morgan fingerprint density at radius 2 is 2.00 bits per heavy atom. The van der Waals surface area contributed by atoms with Crippen molar-refractivity contribution in [3.63, 3.8) is 0 Å². The number of ether oxygens (including phenoxy) is 1. The average Bonchev–Trinajstić information content (AvgIpc) is 2.51. The molecule has 116 valence electrons. The summed E-state index contributed by atoms with van der Waals surface area (Å²) in [6.45, 7) is 10.5. The number of nitrogens with two attached hydrogens (primary N) is 1. The van der Waals surface area contributed by atoms with Crippen LogP contribution in [0.2, 0.25) is 0 Å². The number of likely N-dealkylation sites (tertiary alicyclic amines) is 1. The van der Waals surface area contributed by atoms with Crippen molar-refractivity contribution in [3.8, 4) is 5.75 Å². The highest BCUT2D eigenvalue weighted by molar-refractivity contribution is 5.50. The van der Waals surface area contributed by atoms with Gasteiger partial charge >= 0.3 is 0 Å². The molecule has 0 saturated carbocycles. The minimum atomic E-state index is -0.0216. The van der Waals surface area contributed by atoms with Crippen molar-refractivity contribution in [3.05, 3.63) is 28.8 Å². The lowest BCUT2D eigenvalue weighted by Crippen LogP contribution is -2.56. The molecule has 1 aromatic rings. The van der Waals surface area contributed by atoms with Crippen LogP contribution in [0.5, 0.6) is 5.75 Å². The van der Waals surface area contributed by atoms with E-state index in [1.807, 2.05) is 0 Å². The van der Waals surface area contributed by atoms with Gasteiger partial charge in [0.1, 0.15) is 5.75 Å². The molecule has 2 heterocycles. The van der Waals surface area contributed by atoms with Gasteiger partial charge in [-0.15, -0.1) is 0 Å². The molecule has 1 saturated heterocycles. The molecule has 0 amide bonds. The number of fused-ring (bicyclic) bond motifs is 1. The van der Waals surface area contributed by atoms with E-state index in [2.05, 4.69) is 37.8 Å². The van der Waals surface area contributed by atoms with Gasteiger partial charge in [-0.2, -0.15) is 0 Å². The summed E-state index contributed by atoms with van der Waals surface area (Å²) in [5.41, 5.74) is 10.2. The third-order valence-corrected chi connectivity index (χ3v) is 5.67. The van der Waals surface area contributed by atoms with Gasteiger partial charge in [0.15, 0.2) is 0 Å². The van der Waals surface area contributed by atoms with Crippen LogP contribution in [-0.2, 0) is 5.54 Å². The molecule has 1 aromatic carbocycles. The van der Waals surface area contributed by atoms with Crippen molar-refractivity contribution in [1.29, 1.82) is 0 Å². The molecule has 0 radical (unpaired) electrons. The Kier molecular flexibility index (Phi) is 3.98. The number of hydrogen-bond acceptors (Lipinski definition) is 3. The van der Waals surface area contributed by atoms with Crippen LogP contribution in [-0.4, -0.2) is 31.1 Å². The lowest BCUT2D eigenvalue weighted by atomic mass is 9.79. The summed E-state index contributed by atoms with van der Waals surface area (Å²) in [7, 11) is 0. The van der Waals surface area contributed by atoms with Crippen molar-refractivity contribution < 1.29 is 4.74 Å². The maximum absolute atomic E-state index is 6.31. The highest BCUT2D eigenvalue weighted by Gasteiger charge is 2.43. The van der Waals surface area contributed by atoms with Gasteiger partial charge in [-0.3, -0.25) is 4.90 Å². The molecule has 2 N–H and O–H groups in total. The first-order chi connectivity index (χ1) is 10.1. The Balaban J connectivity index is 2.03. The Hall–Kier alpha value is -1.06. The molecule has 3 nitrogen and oxygen atoms in total. The largest absolute Gasteiger partial charge is 0.493 e. The van der Waals surface area contributed by atoms with Crippen LogP contribution in [0.4, 0.5) is 0 Å². The fourth-order valence-corrected chi connectivity index (χ4v) is 3.91. The minimum Gasteiger partial charge on any atom is -0.493 e. The zero-order valence-corrected chi connectivity index (χ0v) is 13.6. The van der Waals surface area contributed by atoms with Gasteiger partial charge in [0, 0.05) is 18.5 Å². The summed E-state index contributed by atoms with van der Waals surface area (Å²) in [5.74, 6) is 1.93. The molecule has 3 rings (SSSR count). The van der Waals surface area contributed by atoms with E-state index in [-0.39, 0.29) is 5.54 Å². The second-order valence-electron chi connectivity index (χ2n) is 6.89. The van der Waals surface area contributed by atoms with Crippen LogP contribution in [0.25, 0.3) is 0 Å². The number of nitrogens with zero attached hydrogens (tertiary/aromatic N) is 1. The number of piperidine rings is 1. The second kappa shape index (κ2) is 5.62. The molecule has 2 aliphatic heterocycles. The summed E-state index contributed by atoms with van der Waals surface area (Å²) in [6.07, 6.45) is 3.57. The average molecular weight is 288 g/mol. The maximum Gasteiger partial charge on any atom is 0.127 e. The van der Waals surface area contributed by atoms with Gasteiger partial charge in [-0.1, -0.05) is 19.1 Å². The highest BCUT2D eigenvalue weighted by Crippen LogP contribution is 2.44. The summed E-state index contributed by atoms with van der Waals surface area (Å²) in [6, 6.07) is 4.47. The summed E-state index contributed by atoms with van der Waals surface area (Å²) < 4.78 is 6.02. The zero-order chi connectivity index (χ0) is 15.0. The maximum atomic E-state index is 6.31. The molecule has 2 aliphatic rings. The normalized spacial score (nSPS) is 27.2. The van der Waals surface area contributed by atoms with Gasteiger partial charge in [-0.25, -0.2) is 0 Å². The number of rotatable bonds is 2. The Morgan fingerprint density at radius 1 is 1.29 bits per heavy atom. The van der Waals surface area contributed by atoms with Crippen LogP contribution < -0.4 is 10.5 Å². The Morgan fingerprint density at radius 3 is 2.67 bits per heavy atom. The quantitative estimate of drug-likeness (QED) is 0.909. The molecule has 1 unspecified atom stereocenters. The van der Waals surface area contributed by atoms with Crippen molar-refractivity contribution in [2.75, 3.05) is 26.2 Å². The number of benzene rings is 1. The monoisotopic (exact) mass is 288 g/mol. The third-order valence-electron chi connectivity index (χ3n) is 5.67. The van der Waals surface area contributed by atoms with Crippen LogP contribution >= 0.6 is 0 Å². The molecule has 3 heteroatoms. The zero-order valence-electron chi connectivity index (χ0n) is 13.6. The van der Waals surface area contributed by atoms with Crippen molar-refractivity contribution in [2.24, 2.45) is 11.7 Å². The molecule has 0 bridgehead atoms. The Bertz CT molecular complexity index is 520. The first kappa shape index (κ1) is 14.9. The van der Waals surface area contributed by atoms with Crippen LogP contribution in [0.1, 0.15) is 42.9 Å². The molecule has 0 aromatic heterocycles. The van der Waals surface area contributed by atoms with Crippen molar-refractivity contribution in [1.82, 2.24) is 4.90 Å². The topological polar surface area (TPSA) is 38.5 Å². The molecule has 0 aliphatic carbocycles. The van der Waals surface area contributed by atoms with E-state index in [0.29, 0.717) is 6.54 Å². The van der Waals surface area contributed by atoms with Crippen LogP contribution in [0.15, 0.2) is 12.1 Å². The summed E-state index contributed by atoms with van der Waals surface area (Å²) >= 11 is 0. The fraction of sp³-hybridized carbons (Fsp3) is 0.667. The first-order valence-electron chi connectivity index (χ1n) is 8.27. The summed E-state index contributed by atoms with van der Waals surface area (Å²) in [5, 5.41) is 0. The molecular formula is C18H28N2O. The van der Waals surface area contributed by atoms with E-state index >= 15 is 0 Å². The lowest BCUT2D eigenvalue weighted by Gasteiger charge is -2.49. The summed E-state index contributed by atoms with van der Waals surface area (Å²) in [4.78, 5) is 2.63. The van der Waals surface area contributed by atoms with Gasteiger partial charge in [0.25, 0.3) is 0 Å². The lowest BCUT2D eigenvalue weighted by molar-refractivity contribution is 0.0225. The van der Waals surface area contributed by atoms with Gasteiger partial charge in [-0.05, 0) is 56.8 Å². The van der Waals surface area contributed by atoms with E-state index in [9.17, 15) is 0 Å². The fourth-order valence-electron chi connectivity index (χ4n) is 3.91. The van der Waals surface area contributed by atoms with E-state index < -0.39 is 0 Å².